The number of ketones is 1. The molecule has 2 aliphatic rings. The number of allylic oxidation sites excluding steroid dienone is 3. The summed E-state index contributed by atoms with van der Waals surface area (Å²) in [7, 11) is 0. The van der Waals surface area contributed by atoms with E-state index in [9.17, 15) is 14.0 Å². The molecular formula is C25H26FNO4S. The third-order valence-corrected chi connectivity index (χ3v) is 6.90. The van der Waals surface area contributed by atoms with Crippen molar-refractivity contribution in [3.05, 3.63) is 80.6 Å². The number of ether oxygens (including phenoxy) is 2. The molecule has 4 rings (SSSR count). The van der Waals surface area contributed by atoms with Gasteiger partial charge in [0, 0.05) is 46.7 Å². The van der Waals surface area contributed by atoms with Gasteiger partial charge in [0.05, 0.1) is 12.2 Å². The molecule has 0 saturated carbocycles. The summed E-state index contributed by atoms with van der Waals surface area (Å²) < 4.78 is 24.4. The van der Waals surface area contributed by atoms with Crippen LogP contribution in [0.1, 0.15) is 49.0 Å². The van der Waals surface area contributed by atoms with Crippen LogP contribution in [0.3, 0.4) is 0 Å². The van der Waals surface area contributed by atoms with E-state index in [1.807, 2.05) is 25.3 Å². The quantitative estimate of drug-likeness (QED) is 0.479. The van der Waals surface area contributed by atoms with Gasteiger partial charge in [-0.05, 0) is 49.4 Å². The molecule has 1 aromatic heterocycles. The molecule has 0 radical (unpaired) electrons. The number of carbonyl (C=O) groups excluding carboxylic acids is 2. The van der Waals surface area contributed by atoms with Crippen LogP contribution in [0.15, 0.2) is 64.3 Å². The molecule has 2 heterocycles. The Kier molecular flexibility index (Phi) is 6.86. The van der Waals surface area contributed by atoms with E-state index in [1.54, 1.807) is 23.5 Å². The molecule has 32 heavy (non-hydrogen) atoms. The number of esters is 1. The summed E-state index contributed by atoms with van der Waals surface area (Å²) in [6, 6.07) is 10.0. The maximum absolute atomic E-state index is 13.6. The minimum Gasteiger partial charge on any atom is -0.460 e. The number of halogens is 1. The molecule has 0 saturated heterocycles. The van der Waals surface area contributed by atoms with Crippen LogP contribution in [0.5, 0.6) is 0 Å². The van der Waals surface area contributed by atoms with Crippen molar-refractivity contribution in [3.8, 4) is 0 Å². The molecule has 5 nitrogen and oxygen atoms in total. The normalized spacial score (nSPS) is 20.8. The minimum atomic E-state index is -0.594. The van der Waals surface area contributed by atoms with Gasteiger partial charge >= 0.3 is 5.97 Å². The fraction of sp³-hybridized carbons (Fsp3) is 0.360. The second kappa shape index (κ2) is 9.79. The maximum atomic E-state index is 13.6. The number of Topliss-reactive ketones (excluding diaryl/α,β-unsaturated/α-hetero) is 1. The van der Waals surface area contributed by atoms with Gasteiger partial charge in [-0.15, -0.1) is 11.3 Å². The molecule has 0 spiro atoms. The first-order valence-corrected chi connectivity index (χ1v) is 11.6. The van der Waals surface area contributed by atoms with E-state index >= 15 is 0 Å². The van der Waals surface area contributed by atoms with Gasteiger partial charge in [-0.25, -0.2) is 9.18 Å². The van der Waals surface area contributed by atoms with Crippen LogP contribution in [0, 0.1) is 5.82 Å². The predicted octanol–water partition coefficient (Wildman–Crippen LogP) is 4.83. The first-order valence-electron chi connectivity index (χ1n) is 10.8. The Bertz CT molecular complexity index is 1060. The second-order valence-corrected chi connectivity index (χ2v) is 8.90. The summed E-state index contributed by atoms with van der Waals surface area (Å²) in [6.45, 7) is 4.66. The number of dihydropyridines is 1. The Balaban J connectivity index is 1.70. The van der Waals surface area contributed by atoms with E-state index in [2.05, 4.69) is 11.4 Å². The topological polar surface area (TPSA) is 64.6 Å². The first kappa shape index (κ1) is 22.4. The number of benzene rings is 1. The Morgan fingerprint density at radius 1 is 1.19 bits per heavy atom. The average Bonchev–Trinajstić information content (AvgIpc) is 3.31. The third kappa shape index (κ3) is 4.54. The van der Waals surface area contributed by atoms with Crippen LogP contribution in [-0.2, 0) is 19.1 Å². The van der Waals surface area contributed by atoms with Crippen molar-refractivity contribution >= 4 is 23.1 Å². The summed E-state index contributed by atoms with van der Waals surface area (Å²) >= 11 is 1.65. The first-order chi connectivity index (χ1) is 15.5. The number of carbonyl (C=O) groups is 2. The molecule has 0 amide bonds. The molecule has 2 atom stereocenters. The summed E-state index contributed by atoms with van der Waals surface area (Å²) in [5, 5.41) is 5.34. The SMILES string of the molecule is CCOCCOC(=O)C1=C(C)NC2=C(C(=O)C[C@@H](c3cccs3)C2)[C@H]1c1ccc(F)cc1. The standard InChI is InChI=1S/C25H26FNO4S/c1-3-30-10-11-31-25(29)22-15(2)27-19-13-17(21-5-4-12-32-21)14-20(28)24(19)23(22)16-6-8-18(26)9-7-16/h4-9,12,17,23,27H,3,10-11,13-14H2,1-2H3/t17-,23-/m0/s1. The molecular weight excluding hydrogens is 429 g/mol. The Morgan fingerprint density at radius 2 is 1.97 bits per heavy atom. The minimum absolute atomic E-state index is 0.00130. The van der Waals surface area contributed by atoms with Gasteiger partial charge in [-0.3, -0.25) is 4.79 Å². The highest BCUT2D eigenvalue weighted by Gasteiger charge is 2.41. The average molecular weight is 456 g/mol. The number of hydrogen-bond donors (Lipinski definition) is 1. The number of hydrogen-bond acceptors (Lipinski definition) is 6. The number of nitrogens with one attached hydrogen (secondary N) is 1. The van der Waals surface area contributed by atoms with Crippen LogP contribution in [0.4, 0.5) is 4.39 Å². The van der Waals surface area contributed by atoms with E-state index in [0.717, 1.165) is 5.70 Å². The zero-order valence-electron chi connectivity index (χ0n) is 18.2. The molecule has 1 aliphatic heterocycles. The molecule has 0 unspecified atom stereocenters. The van der Waals surface area contributed by atoms with E-state index in [4.69, 9.17) is 9.47 Å². The highest BCUT2D eigenvalue weighted by Crippen LogP contribution is 2.46. The van der Waals surface area contributed by atoms with Gasteiger partial charge in [-0.1, -0.05) is 18.2 Å². The van der Waals surface area contributed by atoms with Crippen molar-refractivity contribution in [1.82, 2.24) is 5.32 Å². The second-order valence-electron chi connectivity index (χ2n) is 7.92. The molecule has 0 fully saturated rings. The largest absolute Gasteiger partial charge is 0.460 e. The predicted molar refractivity (Wildman–Crippen MR) is 121 cm³/mol. The molecule has 7 heteroatoms. The maximum Gasteiger partial charge on any atom is 0.336 e. The Hall–Kier alpha value is -2.77. The van der Waals surface area contributed by atoms with Gasteiger partial charge in [0.1, 0.15) is 12.4 Å². The molecule has 1 aromatic carbocycles. The lowest BCUT2D eigenvalue weighted by atomic mass is 9.72. The zero-order valence-corrected chi connectivity index (χ0v) is 19.0. The van der Waals surface area contributed by atoms with Crippen molar-refractivity contribution in [3.63, 3.8) is 0 Å². The van der Waals surface area contributed by atoms with E-state index in [0.29, 0.717) is 48.5 Å². The van der Waals surface area contributed by atoms with Crippen LogP contribution >= 0.6 is 11.3 Å². The smallest absolute Gasteiger partial charge is 0.336 e. The lowest BCUT2D eigenvalue weighted by Crippen LogP contribution is -2.36. The lowest BCUT2D eigenvalue weighted by Gasteiger charge is -2.36. The van der Waals surface area contributed by atoms with Crippen LogP contribution in [-0.4, -0.2) is 31.6 Å². The van der Waals surface area contributed by atoms with E-state index in [-0.39, 0.29) is 24.1 Å². The molecule has 0 bridgehead atoms. The summed E-state index contributed by atoms with van der Waals surface area (Å²) in [5.74, 6) is -1.35. The highest BCUT2D eigenvalue weighted by molar-refractivity contribution is 7.10. The molecule has 1 N–H and O–H groups in total. The van der Waals surface area contributed by atoms with Gasteiger partial charge in [0.2, 0.25) is 0 Å². The van der Waals surface area contributed by atoms with Crippen molar-refractivity contribution < 1.29 is 23.5 Å². The van der Waals surface area contributed by atoms with Gasteiger partial charge in [0.25, 0.3) is 0 Å². The Morgan fingerprint density at radius 3 is 2.66 bits per heavy atom. The highest BCUT2D eigenvalue weighted by atomic mass is 32.1. The van der Waals surface area contributed by atoms with Gasteiger partial charge in [0.15, 0.2) is 5.78 Å². The summed E-state index contributed by atoms with van der Waals surface area (Å²) in [5.41, 5.74) is 3.14. The van der Waals surface area contributed by atoms with Crippen LogP contribution < -0.4 is 5.32 Å². The molecule has 2 aromatic rings. The van der Waals surface area contributed by atoms with E-state index < -0.39 is 11.9 Å². The third-order valence-electron chi connectivity index (χ3n) is 5.86. The molecule has 168 valence electrons. The number of thiophene rings is 1. The van der Waals surface area contributed by atoms with E-state index in [1.165, 1.54) is 17.0 Å². The van der Waals surface area contributed by atoms with Crippen molar-refractivity contribution in [2.24, 2.45) is 0 Å². The van der Waals surface area contributed by atoms with Crippen molar-refractivity contribution in [2.75, 3.05) is 19.8 Å². The van der Waals surface area contributed by atoms with Crippen LogP contribution in [0.25, 0.3) is 0 Å². The van der Waals surface area contributed by atoms with Crippen molar-refractivity contribution in [2.45, 2.75) is 38.5 Å². The molecule has 1 aliphatic carbocycles. The zero-order chi connectivity index (χ0) is 22.7. The van der Waals surface area contributed by atoms with Crippen molar-refractivity contribution in [1.29, 1.82) is 0 Å². The van der Waals surface area contributed by atoms with Gasteiger partial charge in [-0.2, -0.15) is 0 Å². The fourth-order valence-electron chi connectivity index (χ4n) is 4.44. The summed E-state index contributed by atoms with van der Waals surface area (Å²) in [4.78, 5) is 27.6. The van der Waals surface area contributed by atoms with Crippen LogP contribution in [0.2, 0.25) is 0 Å². The monoisotopic (exact) mass is 455 g/mol. The number of rotatable bonds is 7. The van der Waals surface area contributed by atoms with Gasteiger partial charge < -0.3 is 14.8 Å². The Labute approximate surface area is 190 Å². The summed E-state index contributed by atoms with van der Waals surface area (Å²) in [6.07, 6.45) is 1.06. The fourth-order valence-corrected chi connectivity index (χ4v) is 5.27. The lowest BCUT2D eigenvalue weighted by molar-refractivity contribution is -0.140.